The van der Waals surface area contributed by atoms with Crippen LogP contribution < -0.4 is 10.6 Å². The van der Waals surface area contributed by atoms with Crippen molar-refractivity contribution in [1.29, 1.82) is 0 Å². The molecule has 25 heavy (non-hydrogen) atoms. The van der Waals surface area contributed by atoms with E-state index in [-0.39, 0.29) is 10.9 Å². The number of rotatable bonds is 2. The highest BCUT2D eigenvalue weighted by Gasteiger charge is 2.25. The van der Waals surface area contributed by atoms with Crippen molar-refractivity contribution in [2.75, 3.05) is 0 Å². The molecule has 0 bridgehead atoms. The molecular weight excluding hydrogens is 383 g/mol. The first-order valence-electron chi connectivity index (χ1n) is 7.10. The summed E-state index contributed by atoms with van der Waals surface area (Å²) in [5, 5.41) is 11.8. The van der Waals surface area contributed by atoms with E-state index in [2.05, 4.69) is 4.99 Å². The lowest BCUT2D eigenvalue weighted by molar-refractivity contribution is -0.112. The molecule has 0 fully saturated rings. The van der Waals surface area contributed by atoms with Gasteiger partial charge in [-0.05, 0) is 36.5 Å². The Morgan fingerprint density at radius 3 is 2.76 bits per heavy atom. The van der Waals surface area contributed by atoms with Gasteiger partial charge in [-0.25, -0.2) is 9.38 Å². The highest BCUT2D eigenvalue weighted by molar-refractivity contribution is 7.73. The Balaban J connectivity index is 1.99. The van der Waals surface area contributed by atoms with Crippen molar-refractivity contribution in [1.82, 2.24) is 4.57 Å². The maximum absolute atomic E-state index is 13.4. The molecule has 1 aliphatic heterocycles. The third-order valence-electron chi connectivity index (χ3n) is 3.78. The van der Waals surface area contributed by atoms with E-state index in [0.29, 0.717) is 30.7 Å². The molecule has 4 nitrogen and oxygen atoms in total. The van der Waals surface area contributed by atoms with Crippen LogP contribution in [0.1, 0.15) is 4.88 Å². The van der Waals surface area contributed by atoms with Crippen molar-refractivity contribution in [3.63, 3.8) is 0 Å². The summed E-state index contributed by atoms with van der Waals surface area (Å²) in [5.74, 6) is -1.20. The van der Waals surface area contributed by atoms with Crippen molar-refractivity contribution >= 4 is 46.6 Å². The van der Waals surface area contributed by atoms with Crippen molar-refractivity contribution in [3.8, 4) is 11.6 Å². The van der Waals surface area contributed by atoms with E-state index in [1.807, 2.05) is 0 Å². The highest BCUT2D eigenvalue weighted by atomic mass is 35.5. The molecule has 3 aromatic rings. The Bertz CT molecular complexity index is 1230. The second-order valence-electron chi connectivity index (χ2n) is 5.26. The zero-order valence-electron chi connectivity index (χ0n) is 12.4. The van der Waals surface area contributed by atoms with Gasteiger partial charge < -0.3 is 5.11 Å². The summed E-state index contributed by atoms with van der Waals surface area (Å²) in [5.41, 5.74) is 0.712. The minimum atomic E-state index is -0.569. The summed E-state index contributed by atoms with van der Waals surface area (Å²) >= 11 is 12.2. The third-order valence-corrected chi connectivity index (χ3v) is 5.45. The van der Waals surface area contributed by atoms with Crippen molar-refractivity contribution < 1.29 is 14.3 Å². The van der Waals surface area contributed by atoms with Gasteiger partial charge in [-0.15, -0.1) is 11.3 Å². The Morgan fingerprint density at radius 1 is 1.24 bits per heavy atom. The van der Waals surface area contributed by atoms with Gasteiger partial charge in [0.1, 0.15) is 10.7 Å². The monoisotopic (exact) mass is 390 g/mol. The maximum Gasteiger partial charge on any atom is 0.279 e. The van der Waals surface area contributed by atoms with E-state index in [1.54, 1.807) is 24.3 Å². The van der Waals surface area contributed by atoms with Crippen molar-refractivity contribution in [3.05, 3.63) is 72.7 Å². The number of thiazole rings is 1. The van der Waals surface area contributed by atoms with E-state index in [1.165, 1.54) is 22.8 Å². The summed E-state index contributed by atoms with van der Waals surface area (Å²) in [6, 6.07) is 11.1. The number of fused-ring (bicyclic) bond motifs is 1. The van der Waals surface area contributed by atoms with Gasteiger partial charge in [-0.1, -0.05) is 29.8 Å². The second-order valence-corrected chi connectivity index (χ2v) is 7.32. The number of carbonyl (C=O) groups is 1. The number of para-hydroxylation sites is 1. The molecule has 0 aliphatic carbocycles. The zero-order chi connectivity index (χ0) is 17.7. The van der Waals surface area contributed by atoms with Crippen LogP contribution in [0.25, 0.3) is 11.3 Å². The molecule has 1 aliphatic rings. The molecule has 0 saturated heterocycles. The topological polar surface area (TPSA) is 54.6 Å². The van der Waals surface area contributed by atoms with E-state index < -0.39 is 11.7 Å². The van der Waals surface area contributed by atoms with Gasteiger partial charge in [0.05, 0.1) is 21.6 Å². The number of aromatic hydroxyl groups is 1. The third kappa shape index (κ3) is 2.52. The van der Waals surface area contributed by atoms with Crippen LogP contribution in [0, 0.1) is 9.77 Å². The summed E-state index contributed by atoms with van der Waals surface area (Å²) in [7, 11) is 0. The van der Waals surface area contributed by atoms with Crippen LogP contribution in [0.15, 0.2) is 47.5 Å². The molecule has 4 rings (SSSR count). The van der Waals surface area contributed by atoms with Crippen LogP contribution in [0.3, 0.4) is 0 Å². The minimum absolute atomic E-state index is 0.0866. The first-order valence-corrected chi connectivity index (χ1v) is 8.70. The predicted octanol–water partition coefficient (Wildman–Crippen LogP) is 3.13. The number of carbonyl (C=O) groups excluding carboxylic acids is 1. The van der Waals surface area contributed by atoms with Gasteiger partial charge in [-0.2, -0.15) is 0 Å². The summed E-state index contributed by atoms with van der Waals surface area (Å²) in [6.45, 7) is 0. The Labute approximate surface area is 154 Å². The number of nitrogens with zero attached hydrogens (tertiary/aromatic N) is 2. The van der Waals surface area contributed by atoms with Crippen LogP contribution in [0.2, 0.25) is 5.02 Å². The Kier molecular flexibility index (Phi) is 3.79. The molecule has 0 unspecified atom stereocenters. The smallest absolute Gasteiger partial charge is 0.279 e. The van der Waals surface area contributed by atoms with Gasteiger partial charge in [0, 0.05) is 5.22 Å². The first kappa shape index (κ1) is 16.1. The van der Waals surface area contributed by atoms with E-state index in [4.69, 9.17) is 23.8 Å². The normalized spacial score (nSPS) is 13.0. The average Bonchev–Trinajstić information content (AvgIpc) is 3.05. The lowest BCUT2D eigenvalue weighted by Crippen LogP contribution is -2.22. The number of hydrogen-bond acceptors (Lipinski definition) is 4. The van der Waals surface area contributed by atoms with Gasteiger partial charge in [0.25, 0.3) is 5.91 Å². The molecule has 2 aromatic carbocycles. The minimum Gasteiger partial charge on any atom is -0.493 e. The van der Waals surface area contributed by atoms with Crippen molar-refractivity contribution in [2.45, 2.75) is 0 Å². The molecule has 2 heterocycles. The van der Waals surface area contributed by atoms with Crippen molar-refractivity contribution in [2.24, 2.45) is 4.99 Å². The number of hydrogen-bond donors (Lipinski definition) is 1. The lowest BCUT2D eigenvalue weighted by atomic mass is 10.1. The first-order chi connectivity index (χ1) is 12.0. The molecule has 0 radical (unpaired) electrons. The summed E-state index contributed by atoms with van der Waals surface area (Å²) in [4.78, 5) is 16.6. The van der Waals surface area contributed by atoms with Gasteiger partial charge >= 0.3 is 0 Å². The van der Waals surface area contributed by atoms with Gasteiger partial charge in [0.15, 0.2) is 3.95 Å². The highest BCUT2D eigenvalue weighted by Crippen LogP contribution is 2.35. The lowest BCUT2D eigenvalue weighted by Gasteiger charge is -2.06. The molecule has 1 amide bonds. The zero-order valence-corrected chi connectivity index (χ0v) is 14.8. The summed E-state index contributed by atoms with van der Waals surface area (Å²) in [6.07, 6.45) is 0. The molecule has 0 saturated carbocycles. The van der Waals surface area contributed by atoms with Crippen LogP contribution in [-0.2, 0) is 4.79 Å². The standard InChI is InChI=1S/C17H8ClFN2O2S2/c18-10-7-8(5-6-11(10)19)21-16(23)14(25-17(21)24)13-9-3-1-2-4-12(9)20-15(13)22/h1-7,23H. The fourth-order valence-corrected chi connectivity index (χ4v) is 4.22. The largest absolute Gasteiger partial charge is 0.493 e. The average molecular weight is 391 g/mol. The fraction of sp³-hybridized carbons (Fsp3) is 0. The quantitative estimate of drug-likeness (QED) is 0.684. The van der Waals surface area contributed by atoms with Gasteiger partial charge in [-0.3, -0.25) is 9.36 Å². The Hall–Kier alpha value is -2.35. The second kappa shape index (κ2) is 5.87. The SMILES string of the molecule is O=C1N=c2ccccc2=C1c1sc(=S)n(-c2ccc(F)c(Cl)c2)c1O. The number of aromatic nitrogens is 1. The van der Waals surface area contributed by atoms with Crippen LogP contribution >= 0.6 is 35.2 Å². The van der Waals surface area contributed by atoms with Crippen LogP contribution in [-0.4, -0.2) is 15.6 Å². The molecule has 1 aromatic heterocycles. The fourth-order valence-electron chi connectivity index (χ4n) is 2.66. The molecule has 0 spiro atoms. The number of halogens is 2. The van der Waals surface area contributed by atoms with Gasteiger partial charge in [0.2, 0.25) is 5.88 Å². The van der Waals surface area contributed by atoms with Crippen LogP contribution in [0.4, 0.5) is 4.39 Å². The van der Waals surface area contributed by atoms with E-state index in [9.17, 15) is 14.3 Å². The molecule has 1 N–H and O–H groups in total. The van der Waals surface area contributed by atoms with E-state index >= 15 is 0 Å². The predicted molar refractivity (Wildman–Crippen MR) is 95.9 cm³/mol. The molecular formula is C17H8ClFN2O2S2. The number of benzene rings is 2. The van der Waals surface area contributed by atoms with E-state index in [0.717, 1.165) is 11.3 Å². The summed E-state index contributed by atoms with van der Waals surface area (Å²) < 4.78 is 15.0. The number of amides is 1. The van der Waals surface area contributed by atoms with Crippen LogP contribution in [0.5, 0.6) is 5.88 Å². The Morgan fingerprint density at radius 2 is 2.00 bits per heavy atom. The molecule has 124 valence electrons. The molecule has 0 atom stereocenters. The molecule has 8 heteroatoms. The maximum atomic E-state index is 13.4.